The first kappa shape index (κ1) is 19.2. The molecule has 2 rings (SSSR count). The Balaban J connectivity index is 2.03. The Morgan fingerprint density at radius 3 is 2.31 bits per heavy atom. The highest BCUT2D eigenvalue weighted by Gasteiger charge is 2.16. The van der Waals surface area contributed by atoms with Gasteiger partial charge in [0.2, 0.25) is 17.7 Å². The Bertz CT molecular complexity index is 800. The minimum atomic E-state index is -0.259. The first-order valence-corrected chi connectivity index (χ1v) is 8.33. The number of benzene rings is 2. The first-order chi connectivity index (χ1) is 12.3. The van der Waals surface area contributed by atoms with E-state index in [-0.39, 0.29) is 24.3 Å². The molecular formula is C20H23N3O3. The lowest BCUT2D eigenvalue weighted by atomic mass is 10.1. The van der Waals surface area contributed by atoms with Crippen molar-refractivity contribution in [2.24, 2.45) is 0 Å². The van der Waals surface area contributed by atoms with Crippen LogP contribution in [0.2, 0.25) is 0 Å². The fourth-order valence-electron chi connectivity index (χ4n) is 2.45. The second-order valence-electron chi connectivity index (χ2n) is 6.10. The monoisotopic (exact) mass is 353 g/mol. The topological polar surface area (TPSA) is 78.5 Å². The van der Waals surface area contributed by atoms with Gasteiger partial charge in [0.05, 0.1) is 0 Å². The average molecular weight is 353 g/mol. The number of rotatable bonds is 6. The molecule has 26 heavy (non-hydrogen) atoms. The molecular weight excluding hydrogens is 330 g/mol. The Morgan fingerprint density at radius 2 is 1.69 bits per heavy atom. The molecule has 2 N–H and O–H groups in total. The molecule has 0 aliphatic heterocycles. The first-order valence-electron chi connectivity index (χ1n) is 8.33. The predicted octanol–water partition coefficient (Wildman–Crippen LogP) is 2.62. The minimum Gasteiger partial charge on any atom is -0.350 e. The molecule has 3 amide bonds. The third-order valence-corrected chi connectivity index (χ3v) is 3.77. The van der Waals surface area contributed by atoms with Crippen LogP contribution in [-0.2, 0) is 20.9 Å². The van der Waals surface area contributed by atoms with Crippen LogP contribution in [-0.4, -0.2) is 24.3 Å². The number of hydrogen-bond donors (Lipinski definition) is 2. The maximum absolute atomic E-state index is 12.3. The molecule has 6 nitrogen and oxygen atoms in total. The van der Waals surface area contributed by atoms with Crippen LogP contribution in [0.15, 0.2) is 48.5 Å². The Kier molecular flexibility index (Phi) is 6.49. The van der Waals surface area contributed by atoms with Crippen molar-refractivity contribution in [1.29, 1.82) is 0 Å². The number of carbonyl (C=O) groups excluding carboxylic acids is 3. The molecule has 0 aliphatic rings. The van der Waals surface area contributed by atoms with Crippen molar-refractivity contribution < 1.29 is 14.4 Å². The molecule has 0 unspecified atom stereocenters. The van der Waals surface area contributed by atoms with Gasteiger partial charge in [-0.25, -0.2) is 0 Å². The third kappa shape index (κ3) is 5.73. The van der Waals surface area contributed by atoms with Crippen LogP contribution in [0.1, 0.15) is 25.0 Å². The summed E-state index contributed by atoms with van der Waals surface area (Å²) < 4.78 is 0. The second kappa shape index (κ2) is 8.80. The van der Waals surface area contributed by atoms with E-state index in [9.17, 15) is 14.4 Å². The summed E-state index contributed by atoms with van der Waals surface area (Å²) in [5.74, 6) is -0.714. The van der Waals surface area contributed by atoms with Crippen molar-refractivity contribution in [3.63, 3.8) is 0 Å². The van der Waals surface area contributed by atoms with Crippen LogP contribution >= 0.6 is 0 Å². The molecule has 0 aromatic heterocycles. The predicted molar refractivity (Wildman–Crippen MR) is 102 cm³/mol. The van der Waals surface area contributed by atoms with Crippen LogP contribution in [0, 0.1) is 6.92 Å². The third-order valence-electron chi connectivity index (χ3n) is 3.77. The van der Waals surface area contributed by atoms with E-state index in [1.54, 1.807) is 24.3 Å². The largest absolute Gasteiger partial charge is 0.350 e. The molecule has 0 spiro atoms. The van der Waals surface area contributed by atoms with E-state index in [2.05, 4.69) is 10.6 Å². The number of carbonyl (C=O) groups is 3. The lowest BCUT2D eigenvalue weighted by molar-refractivity contribution is -0.123. The van der Waals surface area contributed by atoms with Crippen LogP contribution < -0.4 is 15.5 Å². The number of hydrogen-bond acceptors (Lipinski definition) is 3. The van der Waals surface area contributed by atoms with E-state index in [0.717, 1.165) is 11.1 Å². The standard InChI is InChI=1S/C20H23N3O3/c1-14-7-9-17(10-8-14)12-21-20(26)13-23(16(3)25)19-6-4-5-18(11-19)22-15(2)24/h4-11H,12-13H2,1-3H3,(H,21,26)(H,22,24). The van der Waals surface area contributed by atoms with E-state index in [1.165, 1.54) is 18.7 Å². The summed E-state index contributed by atoms with van der Waals surface area (Å²) in [4.78, 5) is 36.8. The fraction of sp³-hybridized carbons (Fsp3) is 0.250. The van der Waals surface area contributed by atoms with Gasteiger partial charge in [0, 0.05) is 31.8 Å². The molecule has 2 aromatic carbocycles. The van der Waals surface area contributed by atoms with E-state index < -0.39 is 0 Å². The summed E-state index contributed by atoms with van der Waals surface area (Å²) in [6.07, 6.45) is 0. The molecule has 0 saturated carbocycles. The van der Waals surface area contributed by atoms with Crippen molar-refractivity contribution in [3.8, 4) is 0 Å². The normalized spacial score (nSPS) is 10.1. The average Bonchev–Trinajstić information content (AvgIpc) is 2.58. The van der Waals surface area contributed by atoms with Crippen molar-refractivity contribution in [2.45, 2.75) is 27.3 Å². The van der Waals surface area contributed by atoms with Gasteiger partial charge in [0.25, 0.3) is 0 Å². The van der Waals surface area contributed by atoms with E-state index >= 15 is 0 Å². The lowest BCUT2D eigenvalue weighted by Crippen LogP contribution is -2.39. The quantitative estimate of drug-likeness (QED) is 0.838. The maximum Gasteiger partial charge on any atom is 0.240 e. The maximum atomic E-state index is 12.3. The zero-order valence-corrected chi connectivity index (χ0v) is 15.2. The van der Waals surface area contributed by atoms with Gasteiger partial charge in [0.15, 0.2) is 0 Å². The minimum absolute atomic E-state index is 0.0925. The van der Waals surface area contributed by atoms with Crippen molar-refractivity contribution >= 4 is 29.1 Å². The van der Waals surface area contributed by atoms with Crippen LogP contribution in [0.25, 0.3) is 0 Å². The molecule has 136 valence electrons. The smallest absolute Gasteiger partial charge is 0.240 e. The zero-order chi connectivity index (χ0) is 19.1. The molecule has 2 aromatic rings. The number of amides is 3. The SMILES string of the molecule is CC(=O)Nc1cccc(N(CC(=O)NCc2ccc(C)cc2)C(C)=O)c1. The summed E-state index contributed by atoms with van der Waals surface area (Å²) >= 11 is 0. The second-order valence-corrected chi connectivity index (χ2v) is 6.10. The number of nitrogens with one attached hydrogen (secondary N) is 2. The summed E-state index contributed by atoms with van der Waals surface area (Å²) in [6.45, 7) is 5.12. The van der Waals surface area contributed by atoms with Gasteiger partial charge in [-0.05, 0) is 30.7 Å². The zero-order valence-electron chi connectivity index (χ0n) is 15.2. The molecule has 6 heteroatoms. The van der Waals surface area contributed by atoms with E-state index in [1.807, 2.05) is 31.2 Å². The summed E-state index contributed by atoms with van der Waals surface area (Å²) in [7, 11) is 0. The number of aryl methyl sites for hydroxylation is 1. The van der Waals surface area contributed by atoms with Gasteiger partial charge in [-0.1, -0.05) is 35.9 Å². The van der Waals surface area contributed by atoms with Crippen LogP contribution in [0.3, 0.4) is 0 Å². The summed E-state index contributed by atoms with van der Waals surface area (Å²) in [6, 6.07) is 14.7. The highest BCUT2D eigenvalue weighted by atomic mass is 16.2. The van der Waals surface area contributed by atoms with Gasteiger partial charge < -0.3 is 15.5 Å². The van der Waals surface area contributed by atoms with Gasteiger partial charge >= 0.3 is 0 Å². The molecule has 0 saturated heterocycles. The van der Waals surface area contributed by atoms with Crippen LogP contribution in [0.4, 0.5) is 11.4 Å². The van der Waals surface area contributed by atoms with E-state index in [0.29, 0.717) is 17.9 Å². The Labute approximate surface area is 153 Å². The van der Waals surface area contributed by atoms with Gasteiger partial charge in [-0.2, -0.15) is 0 Å². The molecule has 0 radical (unpaired) electrons. The van der Waals surface area contributed by atoms with Gasteiger partial charge in [0.1, 0.15) is 6.54 Å². The van der Waals surface area contributed by atoms with Crippen LogP contribution in [0.5, 0.6) is 0 Å². The van der Waals surface area contributed by atoms with Gasteiger partial charge in [-0.15, -0.1) is 0 Å². The summed E-state index contributed by atoms with van der Waals surface area (Å²) in [5, 5.41) is 5.48. The molecule has 0 atom stereocenters. The van der Waals surface area contributed by atoms with Crippen molar-refractivity contribution in [3.05, 3.63) is 59.7 Å². The van der Waals surface area contributed by atoms with Gasteiger partial charge in [-0.3, -0.25) is 14.4 Å². The fourth-order valence-corrected chi connectivity index (χ4v) is 2.45. The Morgan fingerprint density at radius 1 is 1.00 bits per heavy atom. The molecule has 0 bridgehead atoms. The highest BCUT2D eigenvalue weighted by molar-refractivity contribution is 5.98. The van der Waals surface area contributed by atoms with E-state index in [4.69, 9.17) is 0 Å². The van der Waals surface area contributed by atoms with Crippen molar-refractivity contribution in [2.75, 3.05) is 16.8 Å². The van der Waals surface area contributed by atoms with Crippen molar-refractivity contribution in [1.82, 2.24) is 5.32 Å². The highest BCUT2D eigenvalue weighted by Crippen LogP contribution is 2.19. The molecule has 0 aliphatic carbocycles. The summed E-state index contributed by atoms with van der Waals surface area (Å²) in [5.41, 5.74) is 3.27. The lowest BCUT2D eigenvalue weighted by Gasteiger charge is -2.21. The number of anilines is 2. The Hall–Kier alpha value is -3.15. The molecule has 0 heterocycles. The molecule has 0 fully saturated rings. The number of nitrogens with zero attached hydrogens (tertiary/aromatic N) is 1.